The Labute approximate surface area is 194 Å². The van der Waals surface area contributed by atoms with E-state index in [1.807, 2.05) is 0 Å². The number of quaternary nitrogens is 1. The molecule has 4 aromatic carbocycles. The van der Waals surface area contributed by atoms with Crippen LogP contribution in [0.4, 0.5) is 0 Å². The molecule has 0 heterocycles. The van der Waals surface area contributed by atoms with Crippen LogP contribution in [-0.4, -0.2) is 18.2 Å². The molecule has 4 rings (SSSR count). The predicted molar refractivity (Wildman–Crippen MR) is 142 cm³/mol. The Morgan fingerprint density at radius 2 is 0.625 bits per heavy atom. The van der Waals surface area contributed by atoms with E-state index in [0.29, 0.717) is 0 Å². The Morgan fingerprint density at radius 1 is 0.406 bits per heavy atom. The molecule has 0 aliphatic rings. The SMILES string of the molecule is CC(C)[NH2+]C(C)C.c1ccc([B-](c2ccccc2)(c2ccccc2)c2ccccc2)cc1. The Hall–Kier alpha value is -3.10. The third kappa shape index (κ3) is 5.58. The maximum Gasteiger partial charge on any atom is 0.108 e. The Bertz CT molecular complexity index is 860. The standard InChI is InChI=1S/C24H20B.C6H15N/c1-5-13-21(14-6-1)25(22-15-7-2-8-16-22,23-17-9-3-10-18-23)24-19-11-4-12-20-24;1-5(2)7-6(3)4/h1-20H;5-7H,1-4H3/q-1;/p+1. The van der Waals surface area contributed by atoms with Gasteiger partial charge in [-0.3, -0.25) is 0 Å². The molecule has 164 valence electrons. The molecule has 0 unspecified atom stereocenters. The molecule has 0 saturated carbocycles. The molecule has 0 atom stereocenters. The first-order chi connectivity index (χ1) is 15.5. The zero-order valence-electron chi connectivity index (χ0n) is 19.9. The quantitative estimate of drug-likeness (QED) is 0.460. The van der Waals surface area contributed by atoms with Gasteiger partial charge in [0.1, 0.15) is 6.15 Å². The van der Waals surface area contributed by atoms with Crippen LogP contribution in [-0.2, 0) is 0 Å². The van der Waals surface area contributed by atoms with Crippen molar-refractivity contribution in [1.29, 1.82) is 0 Å². The fourth-order valence-electron chi connectivity index (χ4n) is 4.89. The van der Waals surface area contributed by atoms with Gasteiger partial charge in [-0.1, -0.05) is 121 Å². The molecule has 0 aliphatic carbocycles. The third-order valence-corrected chi connectivity index (χ3v) is 5.97. The van der Waals surface area contributed by atoms with Gasteiger partial charge in [0.15, 0.2) is 0 Å². The molecule has 4 aromatic rings. The van der Waals surface area contributed by atoms with E-state index in [1.54, 1.807) is 0 Å². The highest BCUT2D eigenvalue weighted by atomic mass is 14.9. The zero-order chi connectivity index (χ0) is 22.8. The fourth-order valence-corrected chi connectivity index (χ4v) is 4.89. The lowest BCUT2D eigenvalue weighted by molar-refractivity contribution is -0.709. The Morgan fingerprint density at radius 3 is 0.781 bits per heavy atom. The van der Waals surface area contributed by atoms with Gasteiger partial charge in [-0.15, -0.1) is 0 Å². The van der Waals surface area contributed by atoms with Crippen molar-refractivity contribution in [3.05, 3.63) is 121 Å². The number of hydrogen-bond donors (Lipinski definition) is 1. The summed E-state index contributed by atoms with van der Waals surface area (Å²) in [6.07, 6.45) is -1.22. The van der Waals surface area contributed by atoms with Crippen LogP contribution in [0.2, 0.25) is 0 Å². The van der Waals surface area contributed by atoms with Crippen LogP contribution in [0.25, 0.3) is 0 Å². The van der Waals surface area contributed by atoms with E-state index < -0.39 is 6.15 Å². The van der Waals surface area contributed by atoms with Crippen molar-refractivity contribution in [2.75, 3.05) is 0 Å². The van der Waals surface area contributed by atoms with E-state index in [9.17, 15) is 0 Å². The molecule has 0 amide bonds. The topological polar surface area (TPSA) is 16.6 Å². The number of benzene rings is 4. The van der Waals surface area contributed by atoms with E-state index in [0.717, 1.165) is 12.1 Å². The van der Waals surface area contributed by atoms with E-state index >= 15 is 0 Å². The summed E-state index contributed by atoms with van der Waals surface area (Å²) in [6, 6.07) is 45.0. The highest BCUT2D eigenvalue weighted by Crippen LogP contribution is 2.09. The summed E-state index contributed by atoms with van der Waals surface area (Å²) in [5.41, 5.74) is 5.36. The molecular formula is C30H36BN. The van der Waals surface area contributed by atoms with Crippen molar-refractivity contribution >= 4 is 28.0 Å². The van der Waals surface area contributed by atoms with Crippen LogP contribution in [0.15, 0.2) is 121 Å². The van der Waals surface area contributed by atoms with Crippen molar-refractivity contribution in [1.82, 2.24) is 0 Å². The molecule has 0 spiro atoms. The molecule has 32 heavy (non-hydrogen) atoms. The second-order valence-corrected chi connectivity index (χ2v) is 9.19. The molecule has 1 nitrogen and oxygen atoms in total. The molecule has 0 fully saturated rings. The molecule has 0 radical (unpaired) electrons. The molecule has 0 aliphatic heterocycles. The highest BCUT2D eigenvalue weighted by molar-refractivity contribution is 7.19. The van der Waals surface area contributed by atoms with Gasteiger partial charge in [-0.25, -0.2) is 0 Å². The van der Waals surface area contributed by atoms with E-state index in [4.69, 9.17) is 0 Å². The van der Waals surface area contributed by atoms with Crippen molar-refractivity contribution < 1.29 is 5.32 Å². The lowest BCUT2D eigenvalue weighted by Gasteiger charge is -2.44. The van der Waals surface area contributed by atoms with Crippen LogP contribution >= 0.6 is 0 Å². The number of nitrogens with two attached hydrogens (primary N) is 1. The summed E-state index contributed by atoms with van der Waals surface area (Å²) >= 11 is 0. The van der Waals surface area contributed by atoms with Crippen molar-refractivity contribution in [3.8, 4) is 0 Å². The normalized spacial score (nSPS) is 11.2. The van der Waals surface area contributed by atoms with Gasteiger partial charge in [-0.2, -0.15) is 21.9 Å². The largest absolute Gasteiger partial charge is 0.342 e. The Balaban J connectivity index is 0.000000360. The summed E-state index contributed by atoms with van der Waals surface area (Å²) in [7, 11) is 0. The predicted octanol–water partition coefficient (Wildman–Crippen LogP) is 3.43. The van der Waals surface area contributed by atoms with Crippen LogP contribution < -0.4 is 27.2 Å². The smallest absolute Gasteiger partial charge is 0.108 e. The van der Waals surface area contributed by atoms with Crippen molar-refractivity contribution in [2.24, 2.45) is 0 Å². The average Bonchev–Trinajstić information content (AvgIpc) is 2.82. The molecule has 2 heteroatoms. The highest BCUT2D eigenvalue weighted by Gasteiger charge is 2.30. The minimum absolute atomic E-state index is 0.750. The first kappa shape index (κ1) is 23.6. The van der Waals surface area contributed by atoms with Gasteiger partial charge in [0, 0.05) is 0 Å². The lowest BCUT2D eigenvalue weighted by atomic mass is 9.13. The molecule has 0 bridgehead atoms. The van der Waals surface area contributed by atoms with Crippen LogP contribution in [0.5, 0.6) is 0 Å². The summed E-state index contributed by atoms with van der Waals surface area (Å²) in [6.45, 7) is 8.83. The molecule has 0 aromatic heterocycles. The van der Waals surface area contributed by atoms with Crippen molar-refractivity contribution in [3.63, 3.8) is 0 Å². The second-order valence-electron chi connectivity index (χ2n) is 9.19. The van der Waals surface area contributed by atoms with Gasteiger partial charge in [-0.05, 0) is 27.7 Å². The van der Waals surface area contributed by atoms with Gasteiger partial charge in [0.25, 0.3) is 0 Å². The van der Waals surface area contributed by atoms with Crippen LogP contribution in [0, 0.1) is 0 Å². The maximum atomic E-state index is 2.33. The molecular weight excluding hydrogens is 385 g/mol. The zero-order valence-corrected chi connectivity index (χ0v) is 19.9. The minimum Gasteiger partial charge on any atom is -0.342 e. The van der Waals surface area contributed by atoms with E-state index in [1.165, 1.54) is 21.9 Å². The summed E-state index contributed by atoms with van der Waals surface area (Å²) in [5, 5.41) is 2.33. The van der Waals surface area contributed by atoms with Crippen LogP contribution in [0.1, 0.15) is 27.7 Å². The first-order valence-electron chi connectivity index (χ1n) is 11.8. The first-order valence-corrected chi connectivity index (χ1v) is 11.8. The van der Waals surface area contributed by atoms with Crippen molar-refractivity contribution in [2.45, 2.75) is 39.8 Å². The molecule has 2 N–H and O–H groups in total. The summed E-state index contributed by atoms with van der Waals surface area (Å²) in [4.78, 5) is 0. The average molecular weight is 421 g/mol. The monoisotopic (exact) mass is 421 g/mol. The number of hydrogen-bond acceptors (Lipinski definition) is 0. The summed E-state index contributed by atoms with van der Waals surface area (Å²) in [5.74, 6) is 0. The van der Waals surface area contributed by atoms with E-state index in [-0.39, 0.29) is 0 Å². The van der Waals surface area contributed by atoms with E-state index in [2.05, 4.69) is 154 Å². The summed E-state index contributed by atoms with van der Waals surface area (Å²) < 4.78 is 0. The minimum atomic E-state index is -1.22. The third-order valence-electron chi connectivity index (χ3n) is 5.97. The fraction of sp³-hybridized carbons (Fsp3) is 0.200. The number of rotatable bonds is 6. The van der Waals surface area contributed by atoms with Gasteiger partial charge < -0.3 is 5.32 Å². The van der Waals surface area contributed by atoms with Gasteiger partial charge in [0.05, 0.1) is 12.1 Å². The van der Waals surface area contributed by atoms with Crippen LogP contribution in [0.3, 0.4) is 0 Å². The van der Waals surface area contributed by atoms with Gasteiger partial charge >= 0.3 is 0 Å². The molecule has 0 saturated heterocycles. The Kier molecular flexibility index (Phi) is 8.47. The maximum absolute atomic E-state index is 2.33. The van der Waals surface area contributed by atoms with Gasteiger partial charge in [0.2, 0.25) is 0 Å². The lowest BCUT2D eigenvalue weighted by Crippen LogP contribution is -2.92. The second kappa shape index (κ2) is 11.5.